The second-order valence-electron chi connectivity index (χ2n) is 9.04. The second kappa shape index (κ2) is 9.13. The lowest BCUT2D eigenvalue weighted by Gasteiger charge is -2.32. The van der Waals surface area contributed by atoms with Crippen LogP contribution in [0.15, 0.2) is 36.9 Å². The lowest BCUT2D eigenvalue weighted by Crippen LogP contribution is -2.43. The Hall–Kier alpha value is -2.47. The Balaban J connectivity index is 1.56. The molecule has 1 aliphatic heterocycles. The Morgan fingerprint density at radius 2 is 1.70 bits per heavy atom. The molecule has 2 amide bonds. The number of benzene rings is 1. The summed E-state index contributed by atoms with van der Waals surface area (Å²) in [5.74, 6) is -0.792. The van der Waals surface area contributed by atoms with Gasteiger partial charge in [0.05, 0.1) is 35.8 Å². The predicted molar refractivity (Wildman–Crippen MR) is 113 cm³/mol. The Morgan fingerprint density at radius 3 is 2.20 bits per heavy atom. The third-order valence-electron chi connectivity index (χ3n) is 5.57. The molecular weight excluding hydrogens is 382 g/mol. The largest absolute Gasteiger partial charge is 0.460 e. The highest BCUT2D eigenvalue weighted by atomic mass is 16.6. The molecule has 2 aliphatic rings. The molecule has 0 N–H and O–H groups in total. The molecule has 1 aliphatic carbocycles. The molecule has 6 heteroatoms. The van der Waals surface area contributed by atoms with Gasteiger partial charge in [0, 0.05) is 0 Å². The maximum Gasteiger partial charge on any atom is 0.309 e. The van der Waals surface area contributed by atoms with Crippen molar-refractivity contribution in [3.8, 4) is 0 Å². The average molecular weight is 414 g/mol. The maximum atomic E-state index is 12.8. The van der Waals surface area contributed by atoms with Crippen molar-refractivity contribution in [2.45, 2.75) is 70.6 Å². The van der Waals surface area contributed by atoms with E-state index in [0.717, 1.165) is 25.7 Å². The van der Waals surface area contributed by atoms with Crippen molar-refractivity contribution in [2.75, 3.05) is 6.61 Å². The highest BCUT2D eigenvalue weighted by Gasteiger charge is 2.40. The summed E-state index contributed by atoms with van der Waals surface area (Å²) in [7, 11) is 0. The number of carbonyl (C=O) groups is 3. The van der Waals surface area contributed by atoms with Crippen molar-refractivity contribution in [2.24, 2.45) is 5.92 Å². The summed E-state index contributed by atoms with van der Waals surface area (Å²) in [6, 6.07) is 6.49. The van der Waals surface area contributed by atoms with Gasteiger partial charge < -0.3 is 9.47 Å². The Labute approximate surface area is 178 Å². The molecule has 0 radical (unpaired) electrons. The highest BCUT2D eigenvalue weighted by molar-refractivity contribution is 6.21. The number of rotatable bonds is 7. The Kier molecular flexibility index (Phi) is 6.76. The minimum atomic E-state index is -0.477. The zero-order valence-electron chi connectivity index (χ0n) is 18.1. The van der Waals surface area contributed by atoms with Gasteiger partial charge in [-0.25, -0.2) is 0 Å². The summed E-state index contributed by atoms with van der Waals surface area (Å²) in [5, 5.41) is 0. The molecule has 0 spiro atoms. The molecule has 1 aromatic carbocycles. The van der Waals surface area contributed by atoms with Crippen LogP contribution in [0.1, 0.15) is 73.6 Å². The normalized spacial score (nSPS) is 22.6. The van der Waals surface area contributed by atoms with Gasteiger partial charge in [0.2, 0.25) is 0 Å². The number of hydrogen-bond acceptors (Lipinski definition) is 5. The van der Waals surface area contributed by atoms with E-state index in [1.807, 2.05) is 20.8 Å². The standard InChI is InChI=1S/C24H31NO5/c1-5-8-17(25-21(26)19-9-6-7-10-20(19)22(25)27)15-29-18-13-11-16(12-14-18)23(28)30-24(2,3)4/h5-7,9-10,16-18H,1,8,11-15H2,2-4H3. The van der Waals surface area contributed by atoms with E-state index in [-0.39, 0.29) is 36.4 Å². The topological polar surface area (TPSA) is 72.9 Å². The number of nitrogens with zero attached hydrogens (tertiary/aromatic N) is 1. The first-order chi connectivity index (χ1) is 14.2. The van der Waals surface area contributed by atoms with E-state index in [1.165, 1.54) is 4.90 Å². The van der Waals surface area contributed by atoms with Gasteiger partial charge in [-0.05, 0) is 65.0 Å². The van der Waals surface area contributed by atoms with Crippen molar-refractivity contribution < 1.29 is 23.9 Å². The minimum absolute atomic E-state index is 0.00573. The van der Waals surface area contributed by atoms with Crippen LogP contribution in [0.25, 0.3) is 0 Å². The van der Waals surface area contributed by atoms with E-state index in [4.69, 9.17) is 9.47 Å². The van der Waals surface area contributed by atoms with Crippen molar-refractivity contribution in [1.82, 2.24) is 4.90 Å². The SMILES string of the molecule is C=CCC(COC1CCC(C(=O)OC(C)(C)C)CC1)N1C(=O)c2ccccc2C1=O. The first kappa shape index (κ1) is 22.2. The fourth-order valence-corrected chi connectivity index (χ4v) is 4.08. The molecule has 1 aromatic rings. The summed E-state index contributed by atoms with van der Waals surface area (Å²) in [6.07, 6.45) is 5.14. The van der Waals surface area contributed by atoms with Gasteiger partial charge in [0.15, 0.2) is 0 Å². The lowest BCUT2D eigenvalue weighted by molar-refractivity contribution is -0.162. The number of hydrogen-bond donors (Lipinski definition) is 0. The van der Waals surface area contributed by atoms with Crippen LogP contribution in [0.2, 0.25) is 0 Å². The third-order valence-corrected chi connectivity index (χ3v) is 5.57. The second-order valence-corrected chi connectivity index (χ2v) is 9.04. The molecule has 0 bridgehead atoms. The summed E-state index contributed by atoms with van der Waals surface area (Å²) >= 11 is 0. The molecule has 30 heavy (non-hydrogen) atoms. The molecule has 1 unspecified atom stereocenters. The highest BCUT2D eigenvalue weighted by Crippen LogP contribution is 2.30. The molecule has 162 valence electrons. The smallest absolute Gasteiger partial charge is 0.309 e. The van der Waals surface area contributed by atoms with E-state index in [0.29, 0.717) is 17.5 Å². The van der Waals surface area contributed by atoms with Gasteiger partial charge in [0.1, 0.15) is 5.60 Å². The summed E-state index contributed by atoms with van der Waals surface area (Å²) in [4.78, 5) is 39.1. The van der Waals surface area contributed by atoms with Crippen LogP contribution in [0, 0.1) is 5.92 Å². The molecule has 6 nitrogen and oxygen atoms in total. The number of esters is 1. The molecular formula is C24H31NO5. The van der Waals surface area contributed by atoms with Crippen LogP contribution in [-0.4, -0.2) is 47.0 Å². The molecule has 1 saturated carbocycles. The summed E-state index contributed by atoms with van der Waals surface area (Å²) in [6.45, 7) is 9.65. The van der Waals surface area contributed by atoms with Crippen LogP contribution in [-0.2, 0) is 14.3 Å². The van der Waals surface area contributed by atoms with Gasteiger partial charge in [0.25, 0.3) is 11.8 Å². The molecule has 0 aromatic heterocycles. The summed E-state index contributed by atoms with van der Waals surface area (Å²) in [5.41, 5.74) is 0.401. The maximum absolute atomic E-state index is 12.8. The molecule has 1 atom stereocenters. The van der Waals surface area contributed by atoms with Crippen LogP contribution >= 0.6 is 0 Å². The lowest BCUT2D eigenvalue weighted by atomic mass is 9.87. The van der Waals surface area contributed by atoms with Crippen LogP contribution in [0.4, 0.5) is 0 Å². The van der Waals surface area contributed by atoms with E-state index in [1.54, 1.807) is 30.3 Å². The number of fused-ring (bicyclic) bond motifs is 1. The van der Waals surface area contributed by atoms with Gasteiger partial charge in [-0.3, -0.25) is 19.3 Å². The zero-order valence-corrected chi connectivity index (χ0v) is 18.1. The zero-order chi connectivity index (χ0) is 21.9. The fourth-order valence-electron chi connectivity index (χ4n) is 4.08. The van der Waals surface area contributed by atoms with Gasteiger partial charge in [-0.1, -0.05) is 18.2 Å². The monoisotopic (exact) mass is 413 g/mol. The van der Waals surface area contributed by atoms with Crippen molar-refractivity contribution >= 4 is 17.8 Å². The van der Waals surface area contributed by atoms with E-state index >= 15 is 0 Å². The van der Waals surface area contributed by atoms with E-state index in [2.05, 4.69) is 6.58 Å². The number of ether oxygens (including phenoxy) is 2. The van der Waals surface area contributed by atoms with Crippen molar-refractivity contribution in [1.29, 1.82) is 0 Å². The van der Waals surface area contributed by atoms with E-state index < -0.39 is 11.6 Å². The average Bonchev–Trinajstić information content (AvgIpc) is 2.95. The molecule has 3 rings (SSSR count). The molecule has 1 fully saturated rings. The summed E-state index contributed by atoms with van der Waals surface area (Å²) < 4.78 is 11.6. The molecule has 1 heterocycles. The van der Waals surface area contributed by atoms with Gasteiger partial charge >= 0.3 is 5.97 Å². The number of carbonyl (C=O) groups excluding carboxylic acids is 3. The number of amides is 2. The van der Waals surface area contributed by atoms with Gasteiger partial charge in [-0.2, -0.15) is 0 Å². The van der Waals surface area contributed by atoms with Crippen molar-refractivity contribution in [3.05, 3.63) is 48.0 Å². The van der Waals surface area contributed by atoms with E-state index in [9.17, 15) is 14.4 Å². The Morgan fingerprint density at radius 1 is 1.13 bits per heavy atom. The van der Waals surface area contributed by atoms with Crippen LogP contribution < -0.4 is 0 Å². The van der Waals surface area contributed by atoms with Crippen LogP contribution in [0.5, 0.6) is 0 Å². The number of imide groups is 1. The first-order valence-corrected chi connectivity index (χ1v) is 10.6. The first-order valence-electron chi connectivity index (χ1n) is 10.6. The predicted octanol–water partition coefficient (Wildman–Crippen LogP) is 4.14. The van der Waals surface area contributed by atoms with Crippen molar-refractivity contribution in [3.63, 3.8) is 0 Å². The minimum Gasteiger partial charge on any atom is -0.460 e. The van der Waals surface area contributed by atoms with Crippen LogP contribution in [0.3, 0.4) is 0 Å². The fraction of sp³-hybridized carbons (Fsp3) is 0.542. The Bertz CT molecular complexity index is 782. The quantitative estimate of drug-likeness (QED) is 0.382. The molecule has 0 saturated heterocycles. The van der Waals surface area contributed by atoms with Gasteiger partial charge in [-0.15, -0.1) is 6.58 Å². The third kappa shape index (κ3) is 4.98.